The molecule has 0 heterocycles. The maximum absolute atomic E-state index is 9.68. The molecule has 1 atom stereocenters. The number of nitrogens with one attached hydrogen (secondary N) is 1. The molecule has 0 aromatic heterocycles. The smallest absolute Gasteiger partial charge is 0.0692 e. The molecule has 16 heavy (non-hydrogen) atoms. The molecule has 86 valence electrons. The van der Waals surface area contributed by atoms with Gasteiger partial charge in [-0.3, -0.25) is 0 Å². The Labute approximate surface area is 97.0 Å². The molecule has 0 aliphatic heterocycles. The molecule has 1 saturated carbocycles. The van der Waals surface area contributed by atoms with Gasteiger partial charge in [-0.1, -0.05) is 36.9 Å². The lowest BCUT2D eigenvalue weighted by molar-refractivity contribution is 0.150. The summed E-state index contributed by atoms with van der Waals surface area (Å²) in [5, 5.41) is 12.9. The van der Waals surface area contributed by atoms with Gasteiger partial charge in [0.25, 0.3) is 0 Å². The zero-order valence-electron chi connectivity index (χ0n) is 9.52. The van der Waals surface area contributed by atoms with Crippen LogP contribution in [0.2, 0.25) is 0 Å². The molecule has 1 aliphatic carbocycles. The van der Waals surface area contributed by atoms with Crippen molar-refractivity contribution in [2.45, 2.75) is 18.9 Å². The highest BCUT2D eigenvalue weighted by molar-refractivity contribution is 5.64. The third kappa shape index (κ3) is 3.19. The van der Waals surface area contributed by atoms with E-state index in [4.69, 9.17) is 0 Å². The summed E-state index contributed by atoms with van der Waals surface area (Å²) in [5.41, 5.74) is 2.24. The third-order valence-electron chi connectivity index (χ3n) is 3.04. The minimum Gasteiger partial charge on any atom is -0.392 e. The number of hydrogen-bond donors (Lipinski definition) is 2. The molecular weight excluding hydrogens is 198 g/mol. The summed E-state index contributed by atoms with van der Waals surface area (Å²) in [7, 11) is 0. The highest BCUT2D eigenvalue weighted by Gasteiger charge is 2.28. The Kier molecular flexibility index (Phi) is 3.75. The Hall–Kier alpha value is -1.12. The zero-order chi connectivity index (χ0) is 11.4. The molecule has 1 aliphatic rings. The van der Waals surface area contributed by atoms with Gasteiger partial charge in [0, 0.05) is 13.1 Å². The molecule has 0 saturated heterocycles. The van der Waals surface area contributed by atoms with E-state index in [2.05, 4.69) is 24.0 Å². The topological polar surface area (TPSA) is 32.3 Å². The lowest BCUT2D eigenvalue weighted by atomic mass is 10.1. The highest BCUT2D eigenvalue weighted by atomic mass is 16.3. The number of aliphatic hydroxyl groups excluding tert-OH is 1. The van der Waals surface area contributed by atoms with Crippen LogP contribution in [0.3, 0.4) is 0 Å². The summed E-state index contributed by atoms with van der Waals surface area (Å²) in [6.07, 6.45) is 2.19. The summed E-state index contributed by atoms with van der Waals surface area (Å²) in [6.45, 7) is 5.46. The maximum atomic E-state index is 9.68. The molecule has 2 N–H and O–H groups in total. The van der Waals surface area contributed by atoms with Crippen molar-refractivity contribution in [2.75, 3.05) is 13.1 Å². The van der Waals surface area contributed by atoms with E-state index < -0.39 is 0 Å². The number of benzene rings is 1. The molecule has 0 radical (unpaired) electrons. The molecule has 1 unspecified atom stereocenters. The Balaban J connectivity index is 1.71. The van der Waals surface area contributed by atoms with Crippen LogP contribution in [-0.4, -0.2) is 24.3 Å². The first kappa shape index (κ1) is 11.4. The Morgan fingerprint density at radius 2 is 2.06 bits per heavy atom. The maximum Gasteiger partial charge on any atom is 0.0692 e. The standard InChI is InChI=1S/C14H19NO/c1-11(12-5-3-2-4-6-12)9-15-10-14(16)13-7-8-13/h2-6,13-16H,1,7-10H2. The summed E-state index contributed by atoms with van der Waals surface area (Å²) >= 11 is 0. The van der Waals surface area contributed by atoms with Gasteiger partial charge >= 0.3 is 0 Å². The second-order valence-corrected chi connectivity index (χ2v) is 4.51. The lowest BCUT2D eigenvalue weighted by Crippen LogP contribution is -2.29. The van der Waals surface area contributed by atoms with E-state index in [1.165, 1.54) is 12.8 Å². The van der Waals surface area contributed by atoms with Crippen molar-refractivity contribution in [1.82, 2.24) is 5.32 Å². The molecule has 2 nitrogen and oxygen atoms in total. The predicted octanol–water partition coefficient (Wildman–Crippen LogP) is 2.06. The van der Waals surface area contributed by atoms with E-state index in [9.17, 15) is 5.11 Å². The second-order valence-electron chi connectivity index (χ2n) is 4.51. The minimum absolute atomic E-state index is 0.177. The van der Waals surface area contributed by atoms with Gasteiger partial charge in [-0.25, -0.2) is 0 Å². The third-order valence-corrected chi connectivity index (χ3v) is 3.04. The van der Waals surface area contributed by atoms with Gasteiger partial charge in [0.1, 0.15) is 0 Å². The molecule has 0 bridgehead atoms. The molecule has 2 rings (SSSR count). The Morgan fingerprint density at radius 1 is 1.38 bits per heavy atom. The van der Waals surface area contributed by atoms with E-state index in [1.807, 2.05) is 18.2 Å². The fourth-order valence-electron chi connectivity index (χ4n) is 1.79. The average Bonchev–Trinajstić information content (AvgIpc) is 3.14. The zero-order valence-corrected chi connectivity index (χ0v) is 9.52. The van der Waals surface area contributed by atoms with Gasteiger partial charge in [-0.2, -0.15) is 0 Å². The molecule has 0 spiro atoms. The Morgan fingerprint density at radius 3 is 2.69 bits per heavy atom. The molecule has 0 amide bonds. The van der Waals surface area contributed by atoms with Gasteiger partial charge in [-0.05, 0) is 29.9 Å². The number of rotatable bonds is 6. The van der Waals surface area contributed by atoms with E-state index >= 15 is 0 Å². The van der Waals surface area contributed by atoms with Crippen LogP contribution in [0.4, 0.5) is 0 Å². The summed E-state index contributed by atoms with van der Waals surface area (Å²) in [5.74, 6) is 0.539. The van der Waals surface area contributed by atoms with Gasteiger partial charge in [0.2, 0.25) is 0 Å². The van der Waals surface area contributed by atoms with E-state index in [1.54, 1.807) is 0 Å². The quantitative estimate of drug-likeness (QED) is 0.764. The second kappa shape index (κ2) is 5.28. The van der Waals surface area contributed by atoms with Crippen LogP contribution >= 0.6 is 0 Å². The first-order chi connectivity index (χ1) is 7.77. The first-order valence-corrected chi connectivity index (χ1v) is 5.89. The van der Waals surface area contributed by atoms with Gasteiger partial charge in [0.05, 0.1) is 6.10 Å². The van der Waals surface area contributed by atoms with Crippen molar-refractivity contribution in [3.63, 3.8) is 0 Å². The largest absolute Gasteiger partial charge is 0.392 e. The van der Waals surface area contributed by atoms with Crippen LogP contribution in [0, 0.1) is 5.92 Å². The average molecular weight is 217 g/mol. The van der Waals surface area contributed by atoms with Crippen molar-refractivity contribution >= 4 is 5.57 Å². The van der Waals surface area contributed by atoms with Crippen molar-refractivity contribution in [3.05, 3.63) is 42.5 Å². The summed E-state index contributed by atoms with van der Waals surface area (Å²) < 4.78 is 0. The fourth-order valence-corrected chi connectivity index (χ4v) is 1.79. The van der Waals surface area contributed by atoms with Gasteiger partial charge < -0.3 is 10.4 Å². The van der Waals surface area contributed by atoms with Crippen molar-refractivity contribution in [1.29, 1.82) is 0 Å². The van der Waals surface area contributed by atoms with Crippen LogP contribution in [-0.2, 0) is 0 Å². The van der Waals surface area contributed by atoms with Crippen LogP contribution in [0.1, 0.15) is 18.4 Å². The van der Waals surface area contributed by atoms with Crippen LogP contribution in [0.25, 0.3) is 5.57 Å². The molecule has 2 heteroatoms. The van der Waals surface area contributed by atoms with Crippen molar-refractivity contribution < 1.29 is 5.11 Å². The van der Waals surface area contributed by atoms with Gasteiger partial charge in [0.15, 0.2) is 0 Å². The van der Waals surface area contributed by atoms with Crippen LogP contribution < -0.4 is 5.32 Å². The van der Waals surface area contributed by atoms with Crippen LogP contribution in [0.5, 0.6) is 0 Å². The van der Waals surface area contributed by atoms with E-state index in [0.29, 0.717) is 12.5 Å². The van der Waals surface area contributed by atoms with E-state index in [-0.39, 0.29) is 6.10 Å². The summed E-state index contributed by atoms with van der Waals surface area (Å²) in [6, 6.07) is 10.1. The molecular formula is C14H19NO. The fraction of sp³-hybridized carbons (Fsp3) is 0.429. The van der Waals surface area contributed by atoms with Crippen LogP contribution in [0.15, 0.2) is 36.9 Å². The van der Waals surface area contributed by atoms with E-state index in [0.717, 1.165) is 17.7 Å². The summed E-state index contributed by atoms with van der Waals surface area (Å²) in [4.78, 5) is 0. The minimum atomic E-state index is -0.177. The lowest BCUT2D eigenvalue weighted by Gasteiger charge is -2.12. The normalized spacial score (nSPS) is 17.1. The first-order valence-electron chi connectivity index (χ1n) is 5.89. The van der Waals surface area contributed by atoms with Gasteiger partial charge in [-0.15, -0.1) is 0 Å². The molecule has 1 aromatic rings. The number of hydrogen-bond acceptors (Lipinski definition) is 2. The predicted molar refractivity (Wildman–Crippen MR) is 67.1 cm³/mol. The number of aliphatic hydroxyl groups is 1. The SMILES string of the molecule is C=C(CNCC(O)C1CC1)c1ccccc1. The molecule has 1 aromatic carbocycles. The molecule has 1 fully saturated rings. The van der Waals surface area contributed by atoms with Crippen molar-refractivity contribution in [3.8, 4) is 0 Å². The van der Waals surface area contributed by atoms with Crippen molar-refractivity contribution in [2.24, 2.45) is 5.92 Å². The monoisotopic (exact) mass is 217 g/mol. The Bertz CT molecular complexity index is 343. The highest BCUT2D eigenvalue weighted by Crippen LogP contribution is 2.32.